The zero-order valence-corrected chi connectivity index (χ0v) is 24.7. The first kappa shape index (κ1) is 28.8. The van der Waals surface area contributed by atoms with Crippen LogP contribution in [0, 0.1) is 40.4 Å². The molecule has 226 valence electrons. The molecule has 2 aliphatic carbocycles. The number of pyridine rings is 1. The third-order valence-corrected chi connectivity index (χ3v) is 10.4. The number of anilines is 1. The van der Waals surface area contributed by atoms with Gasteiger partial charge < -0.3 is 19.9 Å². The first-order chi connectivity index (χ1) is 19.6. The number of nitrogens with one attached hydrogen (secondary N) is 2. The number of nitrogens with zero attached hydrogens (tertiary/aromatic N) is 4. The van der Waals surface area contributed by atoms with E-state index in [2.05, 4.69) is 21.1 Å². The Hall–Kier alpha value is -3.31. The Morgan fingerprint density at radius 2 is 2.02 bits per heavy atom. The van der Waals surface area contributed by atoms with Crippen LogP contribution in [-0.4, -0.2) is 90.2 Å². The topological polar surface area (TPSA) is 162 Å². The van der Waals surface area contributed by atoms with Crippen LogP contribution in [0.25, 0.3) is 0 Å². The third kappa shape index (κ3) is 4.52. The highest BCUT2D eigenvalue weighted by Crippen LogP contribution is 2.59. The van der Waals surface area contributed by atoms with Crippen LogP contribution >= 0.6 is 0 Å². The van der Waals surface area contributed by atoms with Crippen LogP contribution in [-0.2, 0) is 24.4 Å². The molecule has 9 atom stereocenters. The summed E-state index contributed by atoms with van der Waals surface area (Å²) in [6, 6.07) is 2.08. The standard InChI is InChI=1S/C28H35FN6O6S/c1-27(2,3)22(33-42(4,39)40)25(37)34-12-17-14-8-16(18(29)9-14)20(17)21(34)24(36)35-13-28(10-15(35)11-30)26(38)32-23-19(41-28)6-5-7-31-23/h5-7,14-18,20-22,33H,8-10,12-13H2,1-4H3,(H,31,32,38). The van der Waals surface area contributed by atoms with E-state index in [4.69, 9.17) is 4.74 Å². The van der Waals surface area contributed by atoms with E-state index in [1.54, 1.807) is 32.9 Å². The third-order valence-electron chi connectivity index (χ3n) is 9.73. The van der Waals surface area contributed by atoms with Crippen molar-refractivity contribution in [3.8, 4) is 11.8 Å². The van der Waals surface area contributed by atoms with Crippen molar-refractivity contribution in [2.45, 2.75) is 69.9 Å². The molecule has 2 bridgehead atoms. The van der Waals surface area contributed by atoms with Gasteiger partial charge in [0.05, 0.1) is 18.9 Å². The number of hydrogen-bond donors (Lipinski definition) is 2. The summed E-state index contributed by atoms with van der Waals surface area (Å²) in [5.41, 5.74) is -2.38. The van der Waals surface area contributed by atoms with E-state index in [1.165, 1.54) is 16.0 Å². The molecule has 4 heterocycles. The van der Waals surface area contributed by atoms with Gasteiger partial charge in [-0.15, -0.1) is 0 Å². The summed E-state index contributed by atoms with van der Waals surface area (Å²) in [7, 11) is -3.79. The number of nitriles is 1. The van der Waals surface area contributed by atoms with Crippen molar-refractivity contribution >= 4 is 33.6 Å². The number of aromatic nitrogens is 1. The van der Waals surface area contributed by atoms with E-state index >= 15 is 4.39 Å². The van der Waals surface area contributed by atoms with Crippen LogP contribution in [0.5, 0.6) is 5.75 Å². The second-order valence-corrected chi connectivity index (χ2v) is 15.3. The summed E-state index contributed by atoms with van der Waals surface area (Å²) in [5.74, 6) is -2.11. The SMILES string of the molecule is CC(C)(C)C(NS(C)(=O)=O)C(=O)N1CC2C3CC(F)C(C3)C2C1C(=O)N1CC2(CC1C#N)Oc1cccnc1NC2=O. The minimum Gasteiger partial charge on any atom is -0.472 e. The van der Waals surface area contributed by atoms with E-state index in [0.29, 0.717) is 18.6 Å². The van der Waals surface area contributed by atoms with Gasteiger partial charge in [-0.1, -0.05) is 20.8 Å². The fourth-order valence-corrected chi connectivity index (χ4v) is 8.78. The number of hydrogen-bond acceptors (Lipinski definition) is 8. The lowest BCUT2D eigenvalue weighted by Crippen LogP contribution is -2.60. The van der Waals surface area contributed by atoms with Crippen molar-refractivity contribution in [2.24, 2.45) is 29.1 Å². The number of alkyl halides is 1. The highest BCUT2D eigenvalue weighted by molar-refractivity contribution is 7.88. The Labute approximate surface area is 244 Å². The number of fused-ring (bicyclic) bond motifs is 6. The molecule has 9 unspecified atom stereocenters. The number of amides is 3. The molecule has 3 amide bonds. The molecule has 6 rings (SSSR count). The smallest absolute Gasteiger partial charge is 0.271 e. The molecule has 0 radical (unpaired) electrons. The molecule has 2 N–H and O–H groups in total. The molecule has 1 aromatic rings. The first-order valence-electron chi connectivity index (χ1n) is 14.2. The molecule has 4 fully saturated rings. The summed E-state index contributed by atoms with van der Waals surface area (Å²) in [4.78, 5) is 48.7. The lowest BCUT2D eigenvalue weighted by atomic mass is 9.77. The molecule has 0 aromatic carbocycles. The highest BCUT2D eigenvalue weighted by atomic mass is 32.2. The lowest BCUT2D eigenvalue weighted by molar-refractivity contribution is -0.148. The van der Waals surface area contributed by atoms with E-state index in [1.807, 2.05) is 0 Å². The van der Waals surface area contributed by atoms with Gasteiger partial charge in [-0.3, -0.25) is 14.4 Å². The zero-order chi connectivity index (χ0) is 30.4. The maximum Gasteiger partial charge on any atom is 0.271 e. The summed E-state index contributed by atoms with van der Waals surface area (Å²) < 4.78 is 48.2. The van der Waals surface area contributed by atoms with E-state index in [9.17, 15) is 28.1 Å². The van der Waals surface area contributed by atoms with Crippen LogP contribution < -0.4 is 14.8 Å². The number of carbonyl (C=O) groups excluding carboxylic acids is 3. The number of likely N-dealkylation sites (tertiary alicyclic amines) is 2. The fourth-order valence-electron chi connectivity index (χ4n) is 7.90. The number of sulfonamides is 1. The van der Waals surface area contributed by atoms with Crippen molar-refractivity contribution < 1.29 is 31.9 Å². The number of carbonyl (C=O) groups is 3. The van der Waals surface area contributed by atoms with Crippen LogP contribution in [0.3, 0.4) is 0 Å². The number of rotatable bonds is 4. The average Bonchev–Trinajstić information content (AvgIpc) is 3.65. The summed E-state index contributed by atoms with van der Waals surface area (Å²) in [6.07, 6.45) is 2.26. The number of ether oxygens (including phenoxy) is 1. The minimum atomic E-state index is -3.79. The van der Waals surface area contributed by atoms with E-state index in [0.717, 1.165) is 6.26 Å². The van der Waals surface area contributed by atoms with Crippen LogP contribution in [0.1, 0.15) is 40.0 Å². The normalized spacial score (nSPS) is 35.8. The maximum atomic E-state index is 15.1. The molecule has 1 aromatic heterocycles. The molecule has 12 nitrogen and oxygen atoms in total. The molecule has 2 saturated carbocycles. The van der Waals surface area contributed by atoms with Crippen molar-refractivity contribution in [3.63, 3.8) is 0 Å². The Morgan fingerprint density at radius 1 is 1.29 bits per heavy atom. The Morgan fingerprint density at radius 3 is 2.69 bits per heavy atom. The van der Waals surface area contributed by atoms with Gasteiger partial charge in [-0.25, -0.2) is 22.5 Å². The van der Waals surface area contributed by atoms with Crippen LogP contribution in [0.4, 0.5) is 10.2 Å². The molecular weight excluding hydrogens is 567 g/mol. The van der Waals surface area contributed by atoms with Crippen molar-refractivity contribution in [2.75, 3.05) is 24.7 Å². The second kappa shape index (κ2) is 9.60. The molecule has 14 heteroatoms. The van der Waals surface area contributed by atoms with Crippen molar-refractivity contribution in [3.05, 3.63) is 18.3 Å². The predicted octanol–water partition coefficient (Wildman–Crippen LogP) is 1.06. The molecule has 3 aliphatic heterocycles. The monoisotopic (exact) mass is 602 g/mol. The van der Waals surface area contributed by atoms with Gasteiger partial charge in [-0.05, 0) is 54.1 Å². The van der Waals surface area contributed by atoms with Gasteiger partial charge in [0.1, 0.15) is 24.3 Å². The Bertz CT molecular complexity index is 1490. The Kier molecular flexibility index (Phi) is 6.58. The average molecular weight is 603 g/mol. The largest absolute Gasteiger partial charge is 0.472 e. The van der Waals surface area contributed by atoms with Gasteiger partial charge >= 0.3 is 0 Å². The summed E-state index contributed by atoms with van der Waals surface area (Å²) in [6.45, 7) is 5.13. The van der Waals surface area contributed by atoms with Gasteiger partial charge in [0, 0.05) is 19.2 Å². The number of halogens is 1. The summed E-state index contributed by atoms with van der Waals surface area (Å²) in [5, 5.41) is 12.8. The summed E-state index contributed by atoms with van der Waals surface area (Å²) >= 11 is 0. The van der Waals surface area contributed by atoms with Crippen molar-refractivity contribution in [1.82, 2.24) is 19.5 Å². The van der Waals surface area contributed by atoms with Gasteiger partial charge in [-0.2, -0.15) is 5.26 Å². The molecule has 42 heavy (non-hydrogen) atoms. The van der Waals surface area contributed by atoms with E-state index in [-0.39, 0.29) is 37.2 Å². The molecular formula is C28H35FN6O6S. The predicted molar refractivity (Wildman–Crippen MR) is 147 cm³/mol. The highest BCUT2D eigenvalue weighted by Gasteiger charge is 2.65. The molecule has 1 spiro atoms. The second-order valence-electron chi connectivity index (χ2n) is 13.5. The fraction of sp³-hybridized carbons (Fsp3) is 0.679. The zero-order valence-electron chi connectivity index (χ0n) is 23.9. The van der Waals surface area contributed by atoms with Crippen LogP contribution in [0.2, 0.25) is 0 Å². The van der Waals surface area contributed by atoms with Crippen LogP contribution in [0.15, 0.2) is 18.3 Å². The van der Waals surface area contributed by atoms with Gasteiger partial charge in [0.2, 0.25) is 27.4 Å². The van der Waals surface area contributed by atoms with E-state index < -0.39 is 74.9 Å². The molecule has 2 saturated heterocycles. The quantitative estimate of drug-likeness (QED) is 0.517. The van der Waals surface area contributed by atoms with Crippen molar-refractivity contribution in [1.29, 1.82) is 5.26 Å². The maximum absolute atomic E-state index is 15.1. The van der Waals surface area contributed by atoms with Gasteiger partial charge in [0.25, 0.3) is 5.91 Å². The minimum absolute atomic E-state index is 0.00666. The Balaban J connectivity index is 1.36. The van der Waals surface area contributed by atoms with Gasteiger partial charge in [0.15, 0.2) is 11.6 Å². The first-order valence-corrected chi connectivity index (χ1v) is 16.1. The molecule has 5 aliphatic rings. The lowest BCUT2D eigenvalue weighted by Gasteiger charge is -2.38.